The number of carbonyl (C=O) groups excluding carboxylic acids is 2. The van der Waals surface area contributed by atoms with E-state index in [0.29, 0.717) is 17.1 Å². The Morgan fingerprint density at radius 1 is 1.04 bits per heavy atom. The van der Waals surface area contributed by atoms with Crippen molar-refractivity contribution in [1.82, 2.24) is 5.32 Å². The van der Waals surface area contributed by atoms with Gasteiger partial charge in [0.25, 0.3) is 0 Å². The number of hydrogen-bond acceptors (Lipinski definition) is 4. The van der Waals surface area contributed by atoms with Crippen LogP contribution in [0, 0.1) is 0 Å². The van der Waals surface area contributed by atoms with Gasteiger partial charge in [-0.25, -0.2) is 0 Å². The monoisotopic (exact) mass is 419 g/mol. The third-order valence-corrected chi connectivity index (χ3v) is 4.55. The van der Waals surface area contributed by atoms with Gasteiger partial charge in [-0.05, 0) is 37.3 Å². The highest BCUT2D eigenvalue weighted by Gasteiger charge is 2.16. The van der Waals surface area contributed by atoms with Crippen LogP contribution in [0.3, 0.4) is 0 Å². The smallest absolute Gasteiger partial charge is 0.220 e. The van der Waals surface area contributed by atoms with Gasteiger partial charge in [0, 0.05) is 28.4 Å². The minimum Gasteiger partial charge on any atom is -0.497 e. The highest BCUT2D eigenvalue weighted by molar-refractivity contribution is 9.10. The molecule has 0 bridgehead atoms. The molecule has 2 aromatic rings. The van der Waals surface area contributed by atoms with Crippen LogP contribution in [-0.4, -0.2) is 25.9 Å². The average Bonchev–Trinajstić information content (AvgIpc) is 2.66. The molecule has 5 nitrogen and oxygen atoms in total. The molecule has 1 amide bonds. The Balaban J connectivity index is 1.95. The molecule has 0 heterocycles. The van der Waals surface area contributed by atoms with E-state index in [9.17, 15) is 9.59 Å². The molecule has 1 unspecified atom stereocenters. The average molecular weight is 420 g/mol. The summed E-state index contributed by atoms with van der Waals surface area (Å²) in [5.41, 5.74) is 1.42. The van der Waals surface area contributed by atoms with Gasteiger partial charge >= 0.3 is 0 Å². The molecule has 0 aliphatic carbocycles. The van der Waals surface area contributed by atoms with Gasteiger partial charge in [-0.1, -0.05) is 28.1 Å². The summed E-state index contributed by atoms with van der Waals surface area (Å²) in [5, 5.41) is 2.90. The maximum atomic E-state index is 12.2. The van der Waals surface area contributed by atoms with Gasteiger partial charge < -0.3 is 14.8 Å². The molecule has 0 spiro atoms. The number of hydrogen-bond donors (Lipinski definition) is 1. The van der Waals surface area contributed by atoms with E-state index in [1.54, 1.807) is 38.5 Å². The van der Waals surface area contributed by atoms with Crippen LogP contribution in [-0.2, 0) is 4.79 Å². The number of amides is 1. The van der Waals surface area contributed by atoms with Crippen LogP contribution < -0.4 is 14.8 Å². The van der Waals surface area contributed by atoms with E-state index in [2.05, 4.69) is 21.2 Å². The minimum atomic E-state index is -0.268. The molecule has 0 saturated carbocycles. The molecule has 6 heteroatoms. The van der Waals surface area contributed by atoms with Gasteiger partial charge in [0.05, 0.1) is 20.3 Å². The van der Waals surface area contributed by atoms with Crippen LogP contribution in [0.1, 0.15) is 41.7 Å². The molecule has 0 radical (unpaired) electrons. The predicted molar refractivity (Wildman–Crippen MR) is 104 cm³/mol. The summed E-state index contributed by atoms with van der Waals surface area (Å²) in [6, 6.07) is 12.3. The van der Waals surface area contributed by atoms with Crippen molar-refractivity contribution in [1.29, 1.82) is 0 Å². The Labute approximate surface area is 161 Å². The Bertz CT molecular complexity index is 774. The number of halogens is 1. The molecule has 138 valence electrons. The quantitative estimate of drug-likeness (QED) is 0.647. The highest BCUT2D eigenvalue weighted by atomic mass is 79.9. The molecular weight excluding hydrogens is 398 g/mol. The van der Waals surface area contributed by atoms with Crippen molar-refractivity contribution in [3.8, 4) is 11.5 Å². The van der Waals surface area contributed by atoms with Crippen molar-refractivity contribution in [2.45, 2.75) is 25.8 Å². The number of Topliss-reactive ketones (excluding diaryl/α,β-unsaturated/α-hetero) is 1. The fraction of sp³-hybridized carbons (Fsp3) is 0.300. The molecule has 26 heavy (non-hydrogen) atoms. The Hall–Kier alpha value is -2.34. The number of rotatable bonds is 8. The normalized spacial score (nSPS) is 11.5. The topological polar surface area (TPSA) is 64.6 Å². The SMILES string of the molecule is COc1ccc(OC)c(C(C)NC(=O)CCC(=O)c2ccc(Br)cc2)c1. The van der Waals surface area contributed by atoms with E-state index >= 15 is 0 Å². The second-order valence-corrected chi connectivity index (χ2v) is 6.74. The van der Waals surface area contributed by atoms with Gasteiger partial charge in [0.1, 0.15) is 11.5 Å². The third kappa shape index (κ3) is 5.33. The lowest BCUT2D eigenvalue weighted by Gasteiger charge is -2.18. The van der Waals surface area contributed by atoms with E-state index in [-0.39, 0.29) is 30.6 Å². The van der Waals surface area contributed by atoms with Gasteiger partial charge in [-0.15, -0.1) is 0 Å². The first-order chi connectivity index (χ1) is 12.4. The summed E-state index contributed by atoms with van der Waals surface area (Å²) in [5.74, 6) is 1.11. The van der Waals surface area contributed by atoms with Crippen LogP contribution in [0.15, 0.2) is 46.9 Å². The number of ether oxygens (including phenoxy) is 2. The predicted octanol–water partition coefficient (Wildman–Crippen LogP) is 4.31. The van der Waals surface area contributed by atoms with E-state index in [1.807, 2.05) is 25.1 Å². The van der Waals surface area contributed by atoms with Crippen molar-refractivity contribution in [3.63, 3.8) is 0 Å². The molecule has 0 aliphatic rings. The highest BCUT2D eigenvalue weighted by Crippen LogP contribution is 2.29. The minimum absolute atomic E-state index is 0.0562. The summed E-state index contributed by atoms with van der Waals surface area (Å²) < 4.78 is 11.5. The molecule has 1 N–H and O–H groups in total. The van der Waals surface area contributed by atoms with Gasteiger partial charge in [0.15, 0.2) is 5.78 Å². The molecule has 2 aromatic carbocycles. The van der Waals surface area contributed by atoms with E-state index in [1.165, 1.54) is 0 Å². The largest absolute Gasteiger partial charge is 0.497 e. The molecule has 0 aromatic heterocycles. The summed E-state index contributed by atoms with van der Waals surface area (Å²) in [4.78, 5) is 24.4. The molecule has 2 rings (SSSR count). The van der Waals surface area contributed by atoms with Crippen LogP contribution in [0.5, 0.6) is 11.5 Å². The number of carbonyl (C=O) groups is 2. The zero-order valence-corrected chi connectivity index (χ0v) is 16.6. The summed E-state index contributed by atoms with van der Waals surface area (Å²) >= 11 is 3.33. The molecule has 1 atom stereocenters. The number of nitrogens with one attached hydrogen (secondary N) is 1. The maximum absolute atomic E-state index is 12.2. The molecule has 0 aliphatic heterocycles. The molecule has 0 saturated heterocycles. The standard InChI is InChI=1S/C20H22BrNO4/c1-13(17-12-16(25-2)8-10-19(17)26-3)22-20(24)11-9-18(23)14-4-6-15(21)7-5-14/h4-8,10,12-13H,9,11H2,1-3H3,(H,22,24). The first-order valence-electron chi connectivity index (χ1n) is 8.24. The van der Waals surface area contributed by atoms with Gasteiger partial charge in [0.2, 0.25) is 5.91 Å². The van der Waals surface area contributed by atoms with Crippen molar-refractivity contribution < 1.29 is 19.1 Å². The first-order valence-corrected chi connectivity index (χ1v) is 9.04. The number of ketones is 1. The van der Waals surface area contributed by atoms with Crippen LogP contribution in [0.2, 0.25) is 0 Å². The lowest BCUT2D eigenvalue weighted by atomic mass is 10.0. The summed E-state index contributed by atoms with van der Waals surface area (Å²) in [6.45, 7) is 1.87. The first kappa shape index (κ1) is 20.0. The second kappa shape index (κ2) is 9.38. The lowest BCUT2D eigenvalue weighted by molar-refractivity contribution is -0.121. The van der Waals surface area contributed by atoms with Crippen LogP contribution >= 0.6 is 15.9 Å². The number of benzene rings is 2. The zero-order valence-electron chi connectivity index (χ0n) is 15.0. The van der Waals surface area contributed by atoms with Crippen molar-refractivity contribution in [2.24, 2.45) is 0 Å². The van der Waals surface area contributed by atoms with E-state index < -0.39 is 0 Å². The van der Waals surface area contributed by atoms with E-state index in [0.717, 1.165) is 10.0 Å². The lowest BCUT2D eigenvalue weighted by Crippen LogP contribution is -2.27. The van der Waals surface area contributed by atoms with Crippen molar-refractivity contribution in [3.05, 3.63) is 58.1 Å². The Kier molecular flexibility index (Phi) is 7.21. The van der Waals surface area contributed by atoms with E-state index in [4.69, 9.17) is 9.47 Å². The van der Waals surface area contributed by atoms with Crippen LogP contribution in [0.4, 0.5) is 0 Å². The Morgan fingerprint density at radius 2 is 1.73 bits per heavy atom. The van der Waals surface area contributed by atoms with Crippen LogP contribution in [0.25, 0.3) is 0 Å². The second-order valence-electron chi connectivity index (χ2n) is 5.83. The molecular formula is C20H22BrNO4. The molecule has 0 fully saturated rings. The van der Waals surface area contributed by atoms with Gasteiger partial charge in [-0.2, -0.15) is 0 Å². The summed E-state index contributed by atoms with van der Waals surface area (Å²) in [7, 11) is 3.17. The maximum Gasteiger partial charge on any atom is 0.220 e. The Morgan fingerprint density at radius 3 is 2.35 bits per heavy atom. The van der Waals surface area contributed by atoms with Gasteiger partial charge in [-0.3, -0.25) is 9.59 Å². The zero-order chi connectivity index (χ0) is 19.1. The fourth-order valence-corrected chi connectivity index (χ4v) is 2.84. The van der Waals surface area contributed by atoms with Crippen molar-refractivity contribution >= 4 is 27.6 Å². The summed E-state index contributed by atoms with van der Waals surface area (Å²) in [6.07, 6.45) is 0.293. The number of methoxy groups -OCH3 is 2. The third-order valence-electron chi connectivity index (χ3n) is 4.03. The van der Waals surface area contributed by atoms with Crippen molar-refractivity contribution in [2.75, 3.05) is 14.2 Å². The fourth-order valence-electron chi connectivity index (χ4n) is 2.58.